The molecule has 1 atom stereocenters. The Labute approximate surface area is 90.8 Å². The fourth-order valence-electron chi connectivity index (χ4n) is 1.47. The monoisotopic (exact) mass is 216 g/mol. The van der Waals surface area contributed by atoms with Gasteiger partial charge in [-0.05, 0) is 13.3 Å². The first kappa shape index (κ1) is 13.7. The fourth-order valence-corrected chi connectivity index (χ4v) is 2.56. The molecule has 0 fully saturated rings. The van der Waals surface area contributed by atoms with Crippen LogP contribution in [0.2, 0.25) is 0 Å². The summed E-state index contributed by atoms with van der Waals surface area (Å²) in [7, 11) is 0. The Bertz CT molecular complexity index is 192. The lowest BCUT2D eigenvalue weighted by Crippen LogP contribution is -2.22. The minimum Gasteiger partial charge on any atom is -0.303 e. The molecule has 0 radical (unpaired) electrons. The Balaban J connectivity index is 4.08. The summed E-state index contributed by atoms with van der Waals surface area (Å²) >= 11 is 1.31. The number of rotatable bonds is 7. The zero-order valence-electron chi connectivity index (χ0n) is 9.34. The minimum atomic E-state index is -0.178. The first-order valence-electron chi connectivity index (χ1n) is 5.17. The molecule has 0 heterocycles. The molecule has 0 saturated heterocycles. The number of carbonyl (C=O) groups excluding carboxylic acids is 2. The second-order valence-electron chi connectivity index (χ2n) is 3.87. The molecule has 14 heavy (non-hydrogen) atoms. The van der Waals surface area contributed by atoms with Crippen molar-refractivity contribution in [2.24, 2.45) is 0 Å². The van der Waals surface area contributed by atoms with Crippen molar-refractivity contribution < 1.29 is 9.59 Å². The molecule has 0 saturated carbocycles. The molecule has 0 bridgehead atoms. The van der Waals surface area contributed by atoms with Crippen molar-refractivity contribution in [2.75, 3.05) is 0 Å². The minimum absolute atomic E-state index is 0.103. The van der Waals surface area contributed by atoms with Gasteiger partial charge in [-0.25, -0.2) is 0 Å². The Morgan fingerprint density at radius 1 is 1.43 bits per heavy atom. The Kier molecular flexibility index (Phi) is 6.89. The van der Waals surface area contributed by atoms with Crippen molar-refractivity contribution in [3.63, 3.8) is 0 Å². The van der Waals surface area contributed by atoms with E-state index in [0.717, 1.165) is 19.1 Å². The molecule has 2 nitrogen and oxygen atoms in total. The third-order valence-electron chi connectivity index (χ3n) is 2.21. The Morgan fingerprint density at radius 2 is 2.07 bits per heavy atom. The topological polar surface area (TPSA) is 34.1 Å². The van der Waals surface area contributed by atoms with Gasteiger partial charge < -0.3 is 4.79 Å². The van der Waals surface area contributed by atoms with Crippen LogP contribution in [0.25, 0.3) is 0 Å². The highest BCUT2D eigenvalue weighted by Gasteiger charge is 2.25. The molecule has 0 rings (SSSR count). The lowest BCUT2D eigenvalue weighted by atomic mass is 9.99. The number of hydrogen-bond donors (Lipinski definition) is 0. The van der Waals surface area contributed by atoms with E-state index in [4.69, 9.17) is 0 Å². The van der Waals surface area contributed by atoms with Gasteiger partial charge in [-0.1, -0.05) is 37.9 Å². The van der Waals surface area contributed by atoms with Crippen molar-refractivity contribution in [3.8, 4) is 0 Å². The highest BCUT2D eigenvalue weighted by atomic mass is 32.2. The number of aldehydes is 1. The number of unbranched alkanes of at least 4 members (excludes halogenated alkanes) is 2. The van der Waals surface area contributed by atoms with E-state index in [1.807, 2.05) is 6.92 Å². The second kappa shape index (κ2) is 7.04. The molecule has 0 spiro atoms. The lowest BCUT2D eigenvalue weighted by molar-refractivity contribution is -0.109. The van der Waals surface area contributed by atoms with Gasteiger partial charge in [0.2, 0.25) is 0 Å². The molecule has 0 aliphatic rings. The smallest absolute Gasteiger partial charge is 0.186 e. The third kappa shape index (κ3) is 6.19. The van der Waals surface area contributed by atoms with E-state index in [2.05, 4.69) is 6.92 Å². The van der Waals surface area contributed by atoms with Gasteiger partial charge in [0.15, 0.2) is 5.12 Å². The van der Waals surface area contributed by atoms with Crippen LogP contribution in [0.1, 0.15) is 52.9 Å². The van der Waals surface area contributed by atoms with Gasteiger partial charge in [-0.3, -0.25) is 4.79 Å². The summed E-state index contributed by atoms with van der Waals surface area (Å²) < 4.78 is -0.178. The van der Waals surface area contributed by atoms with E-state index in [1.165, 1.54) is 24.6 Å². The van der Waals surface area contributed by atoms with Crippen molar-refractivity contribution >= 4 is 23.2 Å². The van der Waals surface area contributed by atoms with Crippen LogP contribution < -0.4 is 0 Å². The summed E-state index contributed by atoms with van der Waals surface area (Å²) in [5, 5.41) is 0.103. The quantitative estimate of drug-likeness (QED) is 0.484. The van der Waals surface area contributed by atoms with Crippen LogP contribution in [0, 0.1) is 0 Å². The van der Waals surface area contributed by atoms with Crippen LogP contribution in [0.4, 0.5) is 0 Å². The van der Waals surface area contributed by atoms with Crippen molar-refractivity contribution in [3.05, 3.63) is 0 Å². The van der Waals surface area contributed by atoms with E-state index in [9.17, 15) is 9.59 Å². The van der Waals surface area contributed by atoms with Crippen LogP contribution in [-0.2, 0) is 9.59 Å². The van der Waals surface area contributed by atoms with Crippen LogP contribution in [0.15, 0.2) is 0 Å². The van der Waals surface area contributed by atoms with Crippen LogP contribution >= 0.6 is 11.8 Å². The largest absolute Gasteiger partial charge is 0.303 e. The molecule has 1 unspecified atom stereocenters. The predicted molar refractivity (Wildman–Crippen MR) is 61.5 cm³/mol. The second-order valence-corrected chi connectivity index (χ2v) is 5.64. The number of carbonyl (C=O) groups is 2. The number of hydrogen-bond acceptors (Lipinski definition) is 3. The molecule has 3 heteroatoms. The molecule has 0 aromatic heterocycles. The molecular weight excluding hydrogens is 196 g/mol. The van der Waals surface area contributed by atoms with Gasteiger partial charge in [0, 0.05) is 18.1 Å². The van der Waals surface area contributed by atoms with Crippen LogP contribution in [0.3, 0.4) is 0 Å². The average Bonchev–Trinajstić information content (AvgIpc) is 2.03. The predicted octanol–water partition coefficient (Wildman–Crippen LogP) is 3.19. The molecular formula is C11H20O2S. The maximum atomic E-state index is 11.0. The summed E-state index contributed by atoms with van der Waals surface area (Å²) in [6, 6.07) is 0. The first-order chi connectivity index (χ1) is 6.54. The summed E-state index contributed by atoms with van der Waals surface area (Å²) in [5.74, 6) is 0. The Hall–Kier alpha value is -0.310. The maximum Gasteiger partial charge on any atom is 0.186 e. The average molecular weight is 216 g/mol. The molecule has 0 aliphatic heterocycles. The van der Waals surface area contributed by atoms with E-state index in [-0.39, 0.29) is 9.86 Å². The van der Waals surface area contributed by atoms with Crippen LogP contribution in [-0.4, -0.2) is 16.1 Å². The summed E-state index contributed by atoms with van der Waals surface area (Å²) in [5.41, 5.74) is 0. The van der Waals surface area contributed by atoms with Gasteiger partial charge in [-0.15, -0.1) is 0 Å². The molecule has 0 aromatic rings. The Morgan fingerprint density at radius 3 is 2.50 bits per heavy atom. The van der Waals surface area contributed by atoms with Crippen molar-refractivity contribution in [2.45, 2.75) is 57.6 Å². The SMILES string of the molecule is CCCCCC(C)(CC=O)SC(C)=O. The van der Waals surface area contributed by atoms with Gasteiger partial charge in [0.25, 0.3) is 0 Å². The molecule has 0 N–H and O–H groups in total. The van der Waals surface area contributed by atoms with E-state index in [0.29, 0.717) is 6.42 Å². The first-order valence-corrected chi connectivity index (χ1v) is 5.99. The zero-order valence-corrected chi connectivity index (χ0v) is 10.2. The fraction of sp³-hybridized carbons (Fsp3) is 0.818. The van der Waals surface area contributed by atoms with E-state index in [1.54, 1.807) is 6.92 Å². The van der Waals surface area contributed by atoms with Gasteiger partial charge >= 0.3 is 0 Å². The normalized spacial score (nSPS) is 14.8. The molecule has 82 valence electrons. The van der Waals surface area contributed by atoms with Crippen LogP contribution in [0.5, 0.6) is 0 Å². The van der Waals surface area contributed by atoms with Gasteiger partial charge in [-0.2, -0.15) is 0 Å². The standard InChI is InChI=1S/C11H20O2S/c1-4-5-6-7-11(3,8-9-12)14-10(2)13/h9H,4-8H2,1-3H3. The summed E-state index contributed by atoms with van der Waals surface area (Å²) in [4.78, 5) is 21.5. The zero-order chi connectivity index (χ0) is 11.0. The highest BCUT2D eigenvalue weighted by molar-refractivity contribution is 8.14. The third-order valence-corrected chi connectivity index (χ3v) is 3.37. The molecule has 0 amide bonds. The molecule has 0 aromatic carbocycles. The van der Waals surface area contributed by atoms with Gasteiger partial charge in [0.1, 0.15) is 6.29 Å². The van der Waals surface area contributed by atoms with Crippen molar-refractivity contribution in [1.82, 2.24) is 0 Å². The summed E-state index contributed by atoms with van der Waals surface area (Å²) in [6.07, 6.45) is 5.78. The van der Waals surface area contributed by atoms with E-state index < -0.39 is 0 Å². The van der Waals surface area contributed by atoms with E-state index >= 15 is 0 Å². The van der Waals surface area contributed by atoms with Crippen molar-refractivity contribution in [1.29, 1.82) is 0 Å². The number of thioether (sulfide) groups is 1. The molecule has 0 aliphatic carbocycles. The summed E-state index contributed by atoms with van der Waals surface area (Å²) in [6.45, 7) is 5.71. The maximum absolute atomic E-state index is 11.0. The lowest BCUT2D eigenvalue weighted by Gasteiger charge is -2.25. The van der Waals surface area contributed by atoms with Gasteiger partial charge in [0.05, 0.1) is 0 Å². The highest BCUT2D eigenvalue weighted by Crippen LogP contribution is 2.33.